The fourth-order valence-corrected chi connectivity index (χ4v) is 4.13. The Kier molecular flexibility index (Phi) is 6.86. The van der Waals surface area contributed by atoms with Crippen molar-refractivity contribution in [3.05, 3.63) is 46.8 Å². The maximum atomic E-state index is 13.0. The molecular formula is C21H23N3O5S. The Morgan fingerprint density at radius 3 is 2.60 bits per heavy atom. The van der Waals surface area contributed by atoms with E-state index in [1.54, 1.807) is 25.3 Å². The molecule has 0 atom stereocenters. The van der Waals surface area contributed by atoms with Crippen LogP contribution in [0.2, 0.25) is 0 Å². The Labute approximate surface area is 177 Å². The van der Waals surface area contributed by atoms with Gasteiger partial charge in [0, 0.05) is 26.3 Å². The van der Waals surface area contributed by atoms with Gasteiger partial charge in [-0.1, -0.05) is 17.4 Å². The van der Waals surface area contributed by atoms with E-state index < -0.39 is 5.91 Å². The number of aromatic nitrogens is 1. The maximum Gasteiger partial charge on any atom is 0.283 e. The van der Waals surface area contributed by atoms with Crippen LogP contribution in [0.15, 0.2) is 41.4 Å². The second-order valence-corrected chi connectivity index (χ2v) is 7.36. The molecule has 3 rings (SSSR count). The number of anilines is 1. The lowest BCUT2D eigenvalue weighted by Crippen LogP contribution is -2.19. The van der Waals surface area contributed by atoms with Crippen molar-refractivity contribution in [1.29, 1.82) is 0 Å². The molecule has 2 aromatic carbocycles. The molecule has 1 aromatic heterocycles. The van der Waals surface area contributed by atoms with Gasteiger partial charge < -0.3 is 24.1 Å². The van der Waals surface area contributed by atoms with Crippen molar-refractivity contribution in [2.75, 3.05) is 33.3 Å². The van der Waals surface area contributed by atoms with E-state index in [9.17, 15) is 9.59 Å². The van der Waals surface area contributed by atoms with Gasteiger partial charge >= 0.3 is 0 Å². The van der Waals surface area contributed by atoms with Gasteiger partial charge in [-0.15, -0.1) is 0 Å². The van der Waals surface area contributed by atoms with Crippen molar-refractivity contribution in [3.63, 3.8) is 0 Å². The number of nitrogens with one attached hydrogen (secondary N) is 1. The fraction of sp³-hybridized carbons (Fsp3) is 0.286. The van der Waals surface area contributed by atoms with Gasteiger partial charge in [-0.05, 0) is 30.3 Å². The van der Waals surface area contributed by atoms with Gasteiger partial charge in [0.05, 0.1) is 36.6 Å². The highest BCUT2D eigenvalue weighted by Gasteiger charge is 2.17. The number of benzene rings is 2. The van der Waals surface area contributed by atoms with Crippen LogP contribution in [0.4, 0.5) is 5.69 Å². The zero-order chi connectivity index (χ0) is 21.7. The van der Waals surface area contributed by atoms with E-state index in [2.05, 4.69) is 10.3 Å². The predicted molar refractivity (Wildman–Crippen MR) is 115 cm³/mol. The monoisotopic (exact) mass is 429 g/mol. The number of fused-ring (bicyclic) bond motifs is 1. The van der Waals surface area contributed by atoms with Crippen LogP contribution in [-0.4, -0.2) is 44.3 Å². The highest BCUT2D eigenvalue weighted by molar-refractivity contribution is 7.16. The number of para-hydroxylation sites is 1. The molecule has 0 spiro atoms. The second-order valence-electron chi connectivity index (χ2n) is 6.35. The minimum Gasteiger partial charge on any atom is -0.493 e. The van der Waals surface area contributed by atoms with Crippen molar-refractivity contribution < 1.29 is 23.8 Å². The van der Waals surface area contributed by atoms with E-state index in [0.29, 0.717) is 40.7 Å². The van der Waals surface area contributed by atoms with Gasteiger partial charge in [0.1, 0.15) is 0 Å². The summed E-state index contributed by atoms with van der Waals surface area (Å²) in [6.45, 7) is 2.44. The molecule has 8 nitrogen and oxygen atoms in total. The summed E-state index contributed by atoms with van der Waals surface area (Å²) < 4.78 is 18.7. The smallest absolute Gasteiger partial charge is 0.283 e. The number of hydrogen-bond donors (Lipinski definition) is 1. The average molecular weight is 429 g/mol. The first kappa shape index (κ1) is 21.5. The molecule has 0 radical (unpaired) electrons. The molecule has 9 heteroatoms. The molecule has 0 bridgehead atoms. The van der Waals surface area contributed by atoms with E-state index in [-0.39, 0.29) is 5.91 Å². The van der Waals surface area contributed by atoms with Crippen LogP contribution in [0.3, 0.4) is 0 Å². The molecule has 0 saturated carbocycles. The number of ether oxygens (including phenoxy) is 3. The Morgan fingerprint density at radius 2 is 1.93 bits per heavy atom. The van der Waals surface area contributed by atoms with Crippen LogP contribution in [0.1, 0.15) is 17.3 Å². The van der Waals surface area contributed by atoms with Crippen LogP contribution in [0.5, 0.6) is 11.5 Å². The summed E-state index contributed by atoms with van der Waals surface area (Å²) in [5.74, 6) is 0.210. The first-order valence-corrected chi connectivity index (χ1v) is 10.00. The first-order chi connectivity index (χ1) is 14.5. The molecule has 0 aliphatic carbocycles. The number of amides is 2. The highest BCUT2D eigenvalue weighted by Crippen LogP contribution is 2.31. The molecule has 0 aliphatic rings. The molecule has 0 fully saturated rings. The van der Waals surface area contributed by atoms with Gasteiger partial charge in [0.2, 0.25) is 5.91 Å². The van der Waals surface area contributed by atoms with E-state index in [1.165, 1.54) is 32.5 Å². The zero-order valence-electron chi connectivity index (χ0n) is 17.2. The van der Waals surface area contributed by atoms with Gasteiger partial charge in [-0.2, -0.15) is 4.99 Å². The molecular weight excluding hydrogens is 406 g/mol. The Balaban J connectivity index is 2.12. The zero-order valence-corrected chi connectivity index (χ0v) is 18.0. The number of hydrogen-bond acceptors (Lipinski definition) is 6. The van der Waals surface area contributed by atoms with E-state index in [4.69, 9.17) is 14.2 Å². The minimum atomic E-state index is -0.439. The fourth-order valence-electron chi connectivity index (χ4n) is 3.04. The summed E-state index contributed by atoms with van der Waals surface area (Å²) in [7, 11) is 4.62. The summed E-state index contributed by atoms with van der Waals surface area (Å²) in [4.78, 5) is 29.2. The Hall–Kier alpha value is -3.17. The van der Waals surface area contributed by atoms with Crippen LogP contribution in [0, 0.1) is 0 Å². The molecule has 3 aromatic rings. The predicted octanol–water partition coefficient (Wildman–Crippen LogP) is 3.07. The highest BCUT2D eigenvalue weighted by atomic mass is 32.1. The minimum absolute atomic E-state index is 0.150. The second kappa shape index (κ2) is 9.55. The number of rotatable bonds is 7. The van der Waals surface area contributed by atoms with Gasteiger partial charge in [0.25, 0.3) is 5.91 Å². The number of thiazole rings is 1. The lowest BCUT2D eigenvalue weighted by atomic mass is 10.2. The number of methoxy groups -OCH3 is 3. The van der Waals surface area contributed by atoms with Crippen molar-refractivity contribution in [1.82, 2.24) is 4.57 Å². The molecule has 2 amide bonds. The van der Waals surface area contributed by atoms with Gasteiger partial charge in [0.15, 0.2) is 16.3 Å². The van der Waals surface area contributed by atoms with E-state index in [0.717, 1.165) is 10.2 Å². The lowest BCUT2D eigenvalue weighted by Gasteiger charge is -2.10. The third-order valence-corrected chi connectivity index (χ3v) is 5.39. The summed E-state index contributed by atoms with van der Waals surface area (Å²) in [6.07, 6.45) is 0. The largest absolute Gasteiger partial charge is 0.493 e. The van der Waals surface area contributed by atoms with Crippen molar-refractivity contribution in [2.24, 2.45) is 4.99 Å². The van der Waals surface area contributed by atoms with E-state index in [1.807, 2.05) is 22.8 Å². The SMILES string of the molecule is COCCn1c(=NC(=O)c2cccc(OC)c2OC)sc2cc(NC(C)=O)ccc21. The normalized spacial score (nSPS) is 11.5. The van der Waals surface area contributed by atoms with Gasteiger partial charge in [-0.25, -0.2) is 0 Å². The molecule has 0 saturated heterocycles. The maximum absolute atomic E-state index is 13.0. The molecule has 1 heterocycles. The van der Waals surface area contributed by atoms with Crippen LogP contribution < -0.4 is 19.6 Å². The third kappa shape index (κ3) is 4.52. The quantitative estimate of drug-likeness (QED) is 0.623. The Bertz CT molecular complexity index is 1150. The number of nitrogens with zero attached hydrogens (tertiary/aromatic N) is 2. The topological polar surface area (TPSA) is 91.2 Å². The molecule has 1 N–H and O–H groups in total. The van der Waals surface area contributed by atoms with Crippen molar-refractivity contribution in [3.8, 4) is 11.5 Å². The lowest BCUT2D eigenvalue weighted by molar-refractivity contribution is -0.114. The van der Waals surface area contributed by atoms with Crippen molar-refractivity contribution >= 4 is 39.1 Å². The standard InChI is InChI=1S/C21H23N3O5S/c1-13(25)22-14-8-9-16-18(12-14)30-21(24(16)10-11-27-2)23-20(26)15-6-5-7-17(28-3)19(15)29-4/h5-9,12H,10-11H2,1-4H3,(H,22,25). The summed E-state index contributed by atoms with van der Waals surface area (Å²) in [6, 6.07) is 10.7. The molecule has 0 aliphatic heterocycles. The first-order valence-electron chi connectivity index (χ1n) is 9.18. The van der Waals surface area contributed by atoms with Crippen LogP contribution in [0.25, 0.3) is 10.2 Å². The van der Waals surface area contributed by atoms with E-state index >= 15 is 0 Å². The Morgan fingerprint density at radius 1 is 1.13 bits per heavy atom. The number of carbonyl (C=O) groups is 2. The molecule has 158 valence electrons. The molecule has 0 unspecified atom stereocenters. The number of carbonyl (C=O) groups excluding carboxylic acids is 2. The van der Waals surface area contributed by atoms with Crippen LogP contribution in [-0.2, 0) is 16.1 Å². The third-order valence-electron chi connectivity index (χ3n) is 4.35. The average Bonchev–Trinajstić information content (AvgIpc) is 3.06. The van der Waals surface area contributed by atoms with Crippen molar-refractivity contribution in [2.45, 2.75) is 13.5 Å². The van der Waals surface area contributed by atoms with Gasteiger partial charge in [-0.3, -0.25) is 9.59 Å². The van der Waals surface area contributed by atoms with Crippen LogP contribution >= 0.6 is 11.3 Å². The summed E-state index contributed by atoms with van der Waals surface area (Å²) in [5, 5.41) is 2.77. The summed E-state index contributed by atoms with van der Waals surface area (Å²) in [5.41, 5.74) is 1.89. The molecule has 30 heavy (non-hydrogen) atoms. The summed E-state index contributed by atoms with van der Waals surface area (Å²) >= 11 is 1.36.